The summed E-state index contributed by atoms with van der Waals surface area (Å²) >= 11 is 0. The number of aryl methyl sites for hydroxylation is 3. The first-order chi connectivity index (χ1) is 8.50. The highest BCUT2D eigenvalue weighted by atomic mass is 16.4. The van der Waals surface area contributed by atoms with E-state index >= 15 is 0 Å². The zero-order valence-electron chi connectivity index (χ0n) is 10.8. The van der Waals surface area contributed by atoms with Gasteiger partial charge in [-0.05, 0) is 56.2 Å². The Morgan fingerprint density at radius 1 is 1.28 bits per heavy atom. The molecule has 0 bridgehead atoms. The predicted molar refractivity (Wildman–Crippen MR) is 69.4 cm³/mol. The van der Waals surface area contributed by atoms with Crippen LogP contribution >= 0.6 is 0 Å². The molecule has 1 saturated carbocycles. The van der Waals surface area contributed by atoms with Gasteiger partial charge in [-0.15, -0.1) is 0 Å². The van der Waals surface area contributed by atoms with Crippen LogP contribution in [-0.2, 0) is 0 Å². The lowest BCUT2D eigenvalue weighted by molar-refractivity contribution is 0.0663. The summed E-state index contributed by atoms with van der Waals surface area (Å²) < 4.78 is 5.65. The number of rotatable bonds is 2. The van der Waals surface area contributed by atoms with Gasteiger partial charge < -0.3 is 9.52 Å². The van der Waals surface area contributed by atoms with Crippen LogP contribution in [0.3, 0.4) is 0 Å². The van der Waals surface area contributed by atoms with Gasteiger partial charge in [-0.2, -0.15) is 0 Å². The molecule has 1 aliphatic rings. The van der Waals surface area contributed by atoms with Crippen LogP contribution in [0.5, 0.6) is 0 Å². The van der Waals surface area contributed by atoms with Gasteiger partial charge in [-0.25, -0.2) is 4.79 Å². The highest BCUT2D eigenvalue weighted by molar-refractivity contribution is 5.98. The van der Waals surface area contributed by atoms with Gasteiger partial charge in [-0.3, -0.25) is 0 Å². The number of carboxylic acid groups (broad SMARTS) is 1. The molecule has 1 aromatic carbocycles. The molecule has 18 heavy (non-hydrogen) atoms. The van der Waals surface area contributed by atoms with E-state index in [-0.39, 0.29) is 5.76 Å². The van der Waals surface area contributed by atoms with Gasteiger partial charge >= 0.3 is 5.97 Å². The third-order valence-corrected chi connectivity index (χ3v) is 3.88. The zero-order valence-corrected chi connectivity index (χ0v) is 10.8. The molecule has 3 nitrogen and oxygen atoms in total. The smallest absolute Gasteiger partial charge is 0.372 e. The van der Waals surface area contributed by atoms with Crippen molar-refractivity contribution in [3.63, 3.8) is 0 Å². The normalized spacial score (nSPS) is 15.3. The van der Waals surface area contributed by atoms with E-state index in [0.717, 1.165) is 46.1 Å². The number of carboxylic acids is 1. The summed E-state index contributed by atoms with van der Waals surface area (Å²) in [5.74, 6) is -0.438. The van der Waals surface area contributed by atoms with Crippen LogP contribution in [-0.4, -0.2) is 11.1 Å². The van der Waals surface area contributed by atoms with Gasteiger partial charge in [0.15, 0.2) is 0 Å². The molecule has 1 aliphatic carbocycles. The monoisotopic (exact) mass is 244 g/mol. The van der Waals surface area contributed by atoms with Crippen molar-refractivity contribution in [2.24, 2.45) is 0 Å². The van der Waals surface area contributed by atoms with Crippen molar-refractivity contribution in [2.75, 3.05) is 0 Å². The Morgan fingerprint density at radius 3 is 2.50 bits per heavy atom. The van der Waals surface area contributed by atoms with Gasteiger partial charge in [0, 0.05) is 10.9 Å². The maximum Gasteiger partial charge on any atom is 0.372 e. The van der Waals surface area contributed by atoms with Crippen molar-refractivity contribution in [1.82, 2.24) is 0 Å². The van der Waals surface area contributed by atoms with E-state index in [9.17, 15) is 9.90 Å². The Kier molecular flexibility index (Phi) is 2.27. The Labute approximate surface area is 105 Å². The second-order valence-electron chi connectivity index (χ2n) is 5.26. The van der Waals surface area contributed by atoms with E-state index in [1.807, 2.05) is 20.8 Å². The van der Waals surface area contributed by atoms with Crippen LogP contribution in [0.25, 0.3) is 11.0 Å². The van der Waals surface area contributed by atoms with Gasteiger partial charge in [-0.1, -0.05) is 6.07 Å². The highest BCUT2D eigenvalue weighted by Gasteiger charge is 2.34. The maximum atomic E-state index is 11.3. The highest BCUT2D eigenvalue weighted by Crippen LogP contribution is 2.47. The lowest BCUT2D eigenvalue weighted by atomic mass is 9.97. The molecular weight excluding hydrogens is 228 g/mol. The fourth-order valence-corrected chi connectivity index (χ4v) is 2.70. The topological polar surface area (TPSA) is 50.4 Å². The molecule has 1 fully saturated rings. The second-order valence-corrected chi connectivity index (χ2v) is 5.26. The van der Waals surface area contributed by atoms with Gasteiger partial charge in [0.05, 0.1) is 0 Å². The third kappa shape index (κ3) is 1.47. The van der Waals surface area contributed by atoms with Crippen molar-refractivity contribution in [3.8, 4) is 0 Å². The summed E-state index contributed by atoms with van der Waals surface area (Å²) in [5.41, 5.74) is 4.98. The minimum atomic E-state index is -0.954. The average molecular weight is 244 g/mol. The predicted octanol–water partition coefficient (Wildman–Crippen LogP) is 3.93. The molecule has 0 atom stereocenters. The summed E-state index contributed by atoms with van der Waals surface area (Å²) in [6.07, 6.45) is 2.14. The summed E-state index contributed by atoms with van der Waals surface area (Å²) in [6, 6.07) is 2.12. The lowest BCUT2D eigenvalue weighted by Crippen LogP contribution is -1.97. The van der Waals surface area contributed by atoms with Crippen molar-refractivity contribution in [1.29, 1.82) is 0 Å². The van der Waals surface area contributed by atoms with E-state index in [4.69, 9.17) is 4.42 Å². The molecule has 1 N–H and O–H groups in total. The van der Waals surface area contributed by atoms with Gasteiger partial charge in [0.1, 0.15) is 5.58 Å². The quantitative estimate of drug-likeness (QED) is 0.870. The van der Waals surface area contributed by atoms with Crippen LogP contribution in [0, 0.1) is 20.8 Å². The lowest BCUT2D eigenvalue weighted by Gasteiger charge is -2.05. The van der Waals surface area contributed by atoms with Gasteiger partial charge in [0.25, 0.3) is 0 Å². The molecule has 0 unspecified atom stereocenters. The Hall–Kier alpha value is -1.77. The molecule has 2 aromatic rings. The molecule has 94 valence electrons. The molecule has 0 amide bonds. The minimum Gasteiger partial charge on any atom is -0.475 e. The van der Waals surface area contributed by atoms with Crippen molar-refractivity contribution in [3.05, 3.63) is 34.1 Å². The molecule has 0 aliphatic heterocycles. The van der Waals surface area contributed by atoms with Gasteiger partial charge in [0.2, 0.25) is 5.76 Å². The van der Waals surface area contributed by atoms with Crippen molar-refractivity contribution >= 4 is 16.9 Å². The molecule has 3 heteroatoms. The second kappa shape index (κ2) is 3.61. The number of aromatic carboxylic acids is 1. The number of benzene rings is 1. The molecule has 1 aromatic heterocycles. The molecule has 0 radical (unpaired) electrons. The average Bonchev–Trinajstić information content (AvgIpc) is 3.05. The molecular formula is C15H16O3. The number of hydrogen-bond donors (Lipinski definition) is 1. The molecule has 1 heterocycles. The van der Waals surface area contributed by atoms with Crippen molar-refractivity contribution in [2.45, 2.75) is 39.5 Å². The van der Waals surface area contributed by atoms with E-state index in [1.165, 1.54) is 0 Å². The first-order valence-electron chi connectivity index (χ1n) is 6.27. The first kappa shape index (κ1) is 11.3. The van der Waals surface area contributed by atoms with E-state index in [1.54, 1.807) is 0 Å². The van der Waals surface area contributed by atoms with Crippen LogP contribution in [0.2, 0.25) is 0 Å². The molecule has 0 saturated heterocycles. The number of carbonyl (C=O) groups is 1. The fraction of sp³-hybridized carbons (Fsp3) is 0.400. The Bertz CT molecular complexity index is 660. The van der Waals surface area contributed by atoms with E-state index in [0.29, 0.717) is 5.92 Å². The Balaban J connectivity index is 2.44. The summed E-state index contributed by atoms with van der Waals surface area (Å²) in [7, 11) is 0. The minimum absolute atomic E-state index is 0.143. The van der Waals surface area contributed by atoms with Crippen molar-refractivity contribution < 1.29 is 14.3 Å². The van der Waals surface area contributed by atoms with E-state index in [2.05, 4.69) is 6.07 Å². The largest absolute Gasteiger partial charge is 0.475 e. The standard InChI is InChI=1S/C15H16O3/c1-7-6-8(2)11-12(10-4-5-10)14(15(16)17)18-13(11)9(7)3/h6,10H,4-5H2,1-3H3,(H,16,17). The summed E-state index contributed by atoms with van der Waals surface area (Å²) in [6.45, 7) is 6.05. The molecule has 0 spiro atoms. The molecule has 3 rings (SSSR count). The number of fused-ring (bicyclic) bond motifs is 1. The van der Waals surface area contributed by atoms with Crippen LogP contribution in [0.4, 0.5) is 0 Å². The SMILES string of the molecule is Cc1cc(C)c2c(C3CC3)c(C(=O)O)oc2c1C. The van der Waals surface area contributed by atoms with Crippen LogP contribution in [0.1, 0.15) is 51.6 Å². The maximum absolute atomic E-state index is 11.3. The van der Waals surface area contributed by atoms with Crippen LogP contribution in [0.15, 0.2) is 10.5 Å². The Morgan fingerprint density at radius 2 is 1.94 bits per heavy atom. The fourth-order valence-electron chi connectivity index (χ4n) is 2.70. The summed E-state index contributed by atoms with van der Waals surface area (Å²) in [5, 5.41) is 10.3. The number of hydrogen-bond acceptors (Lipinski definition) is 2. The zero-order chi connectivity index (χ0) is 13.0. The first-order valence-corrected chi connectivity index (χ1v) is 6.27. The van der Waals surface area contributed by atoms with Crippen LogP contribution < -0.4 is 0 Å². The summed E-state index contributed by atoms with van der Waals surface area (Å²) in [4.78, 5) is 11.3. The number of furan rings is 1. The third-order valence-electron chi connectivity index (χ3n) is 3.88. The van der Waals surface area contributed by atoms with E-state index < -0.39 is 5.97 Å².